The molecule has 5 nitrogen and oxygen atoms in total. The average molecular weight is 304 g/mol. The predicted octanol–water partition coefficient (Wildman–Crippen LogP) is 2.25. The lowest BCUT2D eigenvalue weighted by molar-refractivity contribution is -0.130. The minimum atomic E-state index is 0.164. The molecule has 0 spiro atoms. The summed E-state index contributed by atoms with van der Waals surface area (Å²) in [6, 6.07) is 0. The van der Waals surface area contributed by atoms with Gasteiger partial charge < -0.3 is 4.90 Å². The third-order valence-electron chi connectivity index (χ3n) is 4.12. The summed E-state index contributed by atoms with van der Waals surface area (Å²) in [6.45, 7) is 2.60. The maximum absolute atomic E-state index is 12.2. The second-order valence-corrected chi connectivity index (χ2v) is 6.53. The summed E-state index contributed by atoms with van der Waals surface area (Å²) >= 11 is 1.63. The van der Waals surface area contributed by atoms with Gasteiger partial charge in [-0.2, -0.15) is 5.10 Å². The SMILES string of the molecule is Cc1ncsc1CCC(=O)N(C)Cc1n[nH]c2c1CCC2. The van der Waals surface area contributed by atoms with Crippen LogP contribution in [0.5, 0.6) is 0 Å². The van der Waals surface area contributed by atoms with Gasteiger partial charge in [-0.25, -0.2) is 4.98 Å². The number of nitrogens with one attached hydrogen (secondary N) is 1. The van der Waals surface area contributed by atoms with Crippen LogP contribution in [0.25, 0.3) is 0 Å². The number of aryl methyl sites for hydroxylation is 3. The number of carbonyl (C=O) groups is 1. The van der Waals surface area contributed by atoms with Gasteiger partial charge >= 0.3 is 0 Å². The zero-order valence-corrected chi connectivity index (χ0v) is 13.3. The first kappa shape index (κ1) is 14.3. The molecule has 21 heavy (non-hydrogen) atoms. The first-order valence-electron chi connectivity index (χ1n) is 7.33. The van der Waals surface area contributed by atoms with Gasteiger partial charge in [0.2, 0.25) is 5.91 Å². The van der Waals surface area contributed by atoms with Gasteiger partial charge in [-0.3, -0.25) is 9.89 Å². The van der Waals surface area contributed by atoms with Gasteiger partial charge in [0.25, 0.3) is 0 Å². The van der Waals surface area contributed by atoms with Crippen molar-refractivity contribution in [3.8, 4) is 0 Å². The molecule has 0 aromatic carbocycles. The quantitative estimate of drug-likeness (QED) is 0.921. The summed E-state index contributed by atoms with van der Waals surface area (Å²) in [6.07, 6.45) is 4.68. The molecule has 1 aliphatic carbocycles. The lowest BCUT2D eigenvalue weighted by atomic mass is 10.2. The van der Waals surface area contributed by atoms with Crippen LogP contribution in [0.1, 0.15) is 40.4 Å². The zero-order valence-electron chi connectivity index (χ0n) is 12.5. The number of nitrogens with zero attached hydrogens (tertiary/aromatic N) is 3. The van der Waals surface area contributed by atoms with E-state index in [-0.39, 0.29) is 5.91 Å². The number of carbonyl (C=O) groups excluding carboxylic acids is 1. The highest BCUT2D eigenvalue weighted by atomic mass is 32.1. The lowest BCUT2D eigenvalue weighted by Crippen LogP contribution is -2.27. The third-order valence-corrected chi connectivity index (χ3v) is 5.11. The van der Waals surface area contributed by atoms with Gasteiger partial charge in [0.05, 0.1) is 23.4 Å². The van der Waals surface area contributed by atoms with E-state index in [4.69, 9.17) is 0 Å². The van der Waals surface area contributed by atoms with Crippen LogP contribution in [-0.4, -0.2) is 33.0 Å². The van der Waals surface area contributed by atoms with Gasteiger partial charge in [0.1, 0.15) is 0 Å². The van der Waals surface area contributed by atoms with Crippen molar-refractivity contribution in [1.82, 2.24) is 20.1 Å². The first-order chi connectivity index (χ1) is 10.1. The molecule has 3 rings (SSSR count). The fraction of sp³-hybridized carbons (Fsp3) is 0.533. The molecule has 0 saturated carbocycles. The molecule has 0 bridgehead atoms. The van der Waals surface area contributed by atoms with Crippen LogP contribution >= 0.6 is 11.3 Å². The summed E-state index contributed by atoms with van der Waals surface area (Å²) in [5.74, 6) is 0.164. The lowest BCUT2D eigenvalue weighted by Gasteiger charge is -2.16. The van der Waals surface area contributed by atoms with Gasteiger partial charge in [-0.05, 0) is 38.2 Å². The summed E-state index contributed by atoms with van der Waals surface area (Å²) in [4.78, 5) is 19.5. The average Bonchev–Trinajstić information content (AvgIpc) is 3.15. The van der Waals surface area contributed by atoms with Crippen molar-refractivity contribution in [2.75, 3.05) is 7.05 Å². The Kier molecular flexibility index (Phi) is 4.05. The number of H-pyrrole nitrogens is 1. The number of hydrogen-bond donors (Lipinski definition) is 1. The van der Waals surface area contributed by atoms with Crippen molar-refractivity contribution >= 4 is 17.2 Å². The van der Waals surface area contributed by atoms with Crippen LogP contribution in [-0.2, 0) is 30.6 Å². The monoisotopic (exact) mass is 304 g/mol. The van der Waals surface area contributed by atoms with Gasteiger partial charge in [0.15, 0.2) is 0 Å². The minimum Gasteiger partial charge on any atom is -0.340 e. The Morgan fingerprint density at radius 1 is 1.48 bits per heavy atom. The summed E-state index contributed by atoms with van der Waals surface area (Å²) in [5, 5.41) is 7.46. The molecule has 0 saturated heterocycles. The standard InChI is InChI=1S/C15H20N4OS/c1-10-14(21-9-16-10)6-7-15(20)19(2)8-13-11-4-3-5-12(11)17-18-13/h9H,3-8H2,1-2H3,(H,17,18). The topological polar surface area (TPSA) is 61.9 Å². The van der Waals surface area contributed by atoms with E-state index in [0.717, 1.165) is 30.7 Å². The van der Waals surface area contributed by atoms with Gasteiger partial charge in [-0.1, -0.05) is 0 Å². The molecule has 2 aromatic heterocycles. The minimum absolute atomic E-state index is 0.164. The Morgan fingerprint density at radius 2 is 2.33 bits per heavy atom. The van der Waals surface area contributed by atoms with Crippen molar-refractivity contribution in [2.45, 2.75) is 45.6 Å². The fourth-order valence-electron chi connectivity index (χ4n) is 2.81. The molecule has 0 aliphatic heterocycles. The summed E-state index contributed by atoms with van der Waals surface area (Å²) in [5.41, 5.74) is 6.50. The second-order valence-electron chi connectivity index (χ2n) is 5.59. The van der Waals surface area contributed by atoms with Gasteiger partial charge in [0, 0.05) is 24.0 Å². The number of aromatic amines is 1. The van der Waals surface area contributed by atoms with E-state index in [9.17, 15) is 4.79 Å². The van der Waals surface area contributed by atoms with E-state index in [1.165, 1.54) is 22.6 Å². The molecule has 0 unspecified atom stereocenters. The number of fused-ring (bicyclic) bond motifs is 1. The molecule has 2 aromatic rings. The number of amides is 1. The highest BCUT2D eigenvalue weighted by Crippen LogP contribution is 2.23. The maximum atomic E-state index is 12.2. The van der Waals surface area contributed by atoms with Crippen LogP contribution in [0.2, 0.25) is 0 Å². The number of thiazole rings is 1. The van der Waals surface area contributed by atoms with E-state index in [0.29, 0.717) is 13.0 Å². The molecule has 0 atom stereocenters. The molecule has 112 valence electrons. The third kappa shape index (κ3) is 3.00. The van der Waals surface area contributed by atoms with Crippen molar-refractivity contribution < 1.29 is 4.79 Å². The van der Waals surface area contributed by atoms with Crippen molar-refractivity contribution in [2.24, 2.45) is 0 Å². The summed E-state index contributed by atoms with van der Waals surface area (Å²) in [7, 11) is 1.86. The number of rotatable bonds is 5. The Hall–Kier alpha value is -1.69. The van der Waals surface area contributed by atoms with Crippen molar-refractivity contribution in [1.29, 1.82) is 0 Å². The fourth-order valence-corrected chi connectivity index (χ4v) is 3.59. The molecular weight excluding hydrogens is 284 g/mol. The predicted molar refractivity (Wildman–Crippen MR) is 82.3 cm³/mol. The van der Waals surface area contributed by atoms with Crippen molar-refractivity contribution in [3.63, 3.8) is 0 Å². The molecule has 1 aliphatic rings. The second kappa shape index (κ2) is 5.97. The maximum Gasteiger partial charge on any atom is 0.223 e. The molecule has 1 amide bonds. The Labute approximate surface area is 128 Å². The highest BCUT2D eigenvalue weighted by Gasteiger charge is 2.20. The van der Waals surface area contributed by atoms with Crippen LogP contribution in [0.4, 0.5) is 0 Å². The number of hydrogen-bond acceptors (Lipinski definition) is 4. The van der Waals surface area contributed by atoms with Crippen molar-refractivity contribution in [3.05, 3.63) is 33.0 Å². The smallest absolute Gasteiger partial charge is 0.223 e. The van der Waals surface area contributed by atoms with Crippen LogP contribution < -0.4 is 0 Å². The molecule has 1 N–H and O–H groups in total. The Bertz CT molecular complexity index is 646. The van der Waals surface area contributed by atoms with E-state index in [2.05, 4.69) is 15.2 Å². The van der Waals surface area contributed by atoms with Crippen LogP contribution in [0.15, 0.2) is 5.51 Å². The van der Waals surface area contributed by atoms with Gasteiger partial charge in [-0.15, -0.1) is 11.3 Å². The molecule has 2 heterocycles. The Balaban J connectivity index is 1.56. The molecule has 0 fully saturated rings. The van der Waals surface area contributed by atoms with E-state index >= 15 is 0 Å². The van der Waals surface area contributed by atoms with E-state index in [1.54, 1.807) is 16.2 Å². The first-order valence-corrected chi connectivity index (χ1v) is 8.21. The summed E-state index contributed by atoms with van der Waals surface area (Å²) < 4.78 is 0. The van der Waals surface area contributed by atoms with E-state index in [1.807, 2.05) is 19.5 Å². The number of aromatic nitrogens is 3. The van der Waals surface area contributed by atoms with Crippen LogP contribution in [0.3, 0.4) is 0 Å². The molecule has 0 radical (unpaired) electrons. The van der Waals surface area contributed by atoms with Crippen LogP contribution in [0, 0.1) is 6.92 Å². The highest BCUT2D eigenvalue weighted by molar-refractivity contribution is 7.09. The largest absolute Gasteiger partial charge is 0.340 e. The Morgan fingerprint density at radius 3 is 3.10 bits per heavy atom. The molecule has 6 heteroatoms. The normalized spacial score (nSPS) is 13.4. The zero-order chi connectivity index (χ0) is 14.8. The molecular formula is C15H20N4OS. The van der Waals surface area contributed by atoms with E-state index < -0.39 is 0 Å².